The van der Waals surface area contributed by atoms with E-state index in [0.29, 0.717) is 12.8 Å². The number of amides is 2. The van der Waals surface area contributed by atoms with Gasteiger partial charge in [-0.15, -0.1) is 6.58 Å². The summed E-state index contributed by atoms with van der Waals surface area (Å²) in [5.74, 6) is -1.14. The third kappa shape index (κ3) is 4.81. The van der Waals surface area contributed by atoms with Crippen LogP contribution < -0.4 is 5.32 Å². The van der Waals surface area contributed by atoms with Gasteiger partial charge in [-0.1, -0.05) is 68.5 Å². The van der Waals surface area contributed by atoms with Crippen LogP contribution >= 0.6 is 0 Å². The lowest BCUT2D eigenvalue weighted by atomic mass is 9.76. The fraction of sp³-hybridized carbons (Fsp3) is 0.393. The number of benzene rings is 2. The summed E-state index contributed by atoms with van der Waals surface area (Å²) in [7, 11) is 0. The molecule has 1 atom stereocenters. The zero-order valence-electron chi connectivity index (χ0n) is 20.2. The maximum Gasteiger partial charge on any atom is 0.407 e. The van der Waals surface area contributed by atoms with E-state index in [1.54, 1.807) is 6.08 Å². The fourth-order valence-corrected chi connectivity index (χ4v) is 5.16. The molecule has 2 N–H and O–H groups in total. The first-order valence-electron chi connectivity index (χ1n) is 12.0. The molecule has 1 aliphatic carbocycles. The molecule has 0 bridgehead atoms. The average molecular weight is 477 g/mol. The molecule has 1 saturated heterocycles. The van der Waals surface area contributed by atoms with Gasteiger partial charge in [-0.25, -0.2) is 4.79 Å². The van der Waals surface area contributed by atoms with Crippen molar-refractivity contribution in [3.63, 3.8) is 0 Å². The van der Waals surface area contributed by atoms with Crippen LogP contribution in [0.2, 0.25) is 0 Å². The lowest BCUT2D eigenvalue weighted by molar-refractivity contribution is -0.166. The van der Waals surface area contributed by atoms with E-state index in [0.717, 1.165) is 22.3 Å². The third-order valence-electron chi connectivity index (χ3n) is 6.93. The van der Waals surface area contributed by atoms with Crippen molar-refractivity contribution in [2.45, 2.75) is 38.6 Å². The molecule has 0 unspecified atom stereocenters. The summed E-state index contributed by atoms with van der Waals surface area (Å²) in [6.45, 7) is 7.94. The molecule has 0 radical (unpaired) electrons. The van der Waals surface area contributed by atoms with E-state index < -0.39 is 23.5 Å². The van der Waals surface area contributed by atoms with Crippen LogP contribution in [0.4, 0.5) is 4.79 Å². The van der Waals surface area contributed by atoms with Gasteiger partial charge in [0, 0.05) is 19.0 Å². The number of carboxylic acids is 1. The van der Waals surface area contributed by atoms with Gasteiger partial charge < -0.3 is 20.1 Å². The van der Waals surface area contributed by atoms with Crippen LogP contribution in [0.15, 0.2) is 61.2 Å². The number of allylic oxidation sites excluding steroid dienone is 1. The Hall–Kier alpha value is -3.61. The molecule has 35 heavy (non-hydrogen) atoms. The number of alkyl carbamates (subject to hydrolysis) is 1. The minimum absolute atomic E-state index is 0.0714. The zero-order chi connectivity index (χ0) is 25.2. The second-order valence-corrected chi connectivity index (χ2v) is 9.92. The molecule has 184 valence electrons. The van der Waals surface area contributed by atoms with Crippen molar-refractivity contribution in [1.82, 2.24) is 10.2 Å². The van der Waals surface area contributed by atoms with Crippen molar-refractivity contribution in [2.24, 2.45) is 11.3 Å². The van der Waals surface area contributed by atoms with Crippen molar-refractivity contribution in [3.8, 4) is 11.1 Å². The largest absolute Gasteiger partial charge is 0.481 e. The number of nitrogens with one attached hydrogen (secondary N) is 1. The van der Waals surface area contributed by atoms with Gasteiger partial charge in [-0.05, 0) is 41.0 Å². The molecule has 1 aliphatic heterocycles. The number of ether oxygens (including phenoxy) is 1. The van der Waals surface area contributed by atoms with E-state index >= 15 is 0 Å². The summed E-state index contributed by atoms with van der Waals surface area (Å²) in [6.07, 6.45) is 1.64. The maximum absolute atomic E-state index is 13.1. The summed E-state index contributed by atoms with van der Waals surface area (Å²) in [5, 5.41) is 12.3. The Morgan fingerprint density at radius 1 is 1.11 bits per heavy atom. The molecule has 1 fully saturated rings. The van der Waals surface area contributed by atoms with Crippen molar-refractivity contribution in [2.75, 3.05) is 19.7 Å². The van der Waals surface area contributed by atoms with E-state index in [2.05, 4.69) is 24.0 Å². The highest BCUT2D eigenvalue weighted by molar-refractivity contribution is 5.89. The monoisotopic (exact) mass is 476 g/mol. The number of likely N-dealkylation sites (tertiary alicyclic amines) is 1. The number of fused-ring (bicyclic) bond motifs is 3. The van der Waals surface area contributed by atoms with E-state index in [-0.39, 0.29) is 37.4 Å². The maximum atomic E-state index is 13.1. The molecule has 4 rings (SSSR count). The Morgan fingerprint density at radius 2 is 1.69 bits per heavy atom. The molecule has 2 aromatic rings. The number of hydrogen-bond donors (Lipinski definition) is 2. The molecular formula is C28H32N2O5. The van der Waals surface area contributed by atoms with Crippen LogP contribution in [0.3, 0.4) is 0 Å². The standard InChI is InChI=1S/C28H32N2O5/c1-4-13-28(26(32)33)16-30(17-28)25(31)24(14-18(2)3)29-27(34)35-15-23-21-11-7-5-9-19(21)20-10-6-8-12-22(20)23/h4-12,18,23-24H,1,13-17H2,2-3H3,(H,29,34)(H,32,33)/t24-/m1/s1. The van der Waals surface area contributed by atoms with Crippen LogP contribution in [0.5, 0.6) is 0 Å². The minimum Gasteiger partial charge on any atom is -0.481 e. The summed E-state index contributed by atoms with van der Waals surface area (Å²) in [6, 6.07) is 15.4. The smallest absolute Gasteiger partial charge is 0.407 e. The van der Waals surface area contributed by atoms with Gasteiger partial charge in [0.15, 0.2) is 0 Å². The highest BCUT2D eigenvalue weighted by Crippen LogP contribution is 2.44. The second kappa shape index (κ2) is 9.94. The lowest BCUT2D eigenvalue weighted by Gasteiger charge is -2.47. The van der Waals surface area contributed by atoms with Gasteiger partial charge in [0.05, 0.1) is 0 Å². The highest BCUT2D eigenvalue weighted by Gasteiger charge is 2.51. The van der Waals surface area contributed by atoms with Crippen molar-refractivity contribution < 1.29 is 24.2 Å². The van der Waals surface area contributed by atoms with Crippen LogP contribution in [0.1, 0.15) is 43.7 Å². The normalized spacial score (nSPS) is 16.6. The molecule has 0 saturated carbocycles. The number of hydrogen-bond acceptors (Lipinski definition) is 4. The van der Waals surface area contributed by atoms with Crippen molar-refractivity contribution in [3.05, 3.63) is 72.3 Å². The number of aliphatic carboxylic acids is 1. The van der Waals surface area contributed by atoms with E-state index in [9.17, 15) is 19.5 Å². The van der Waals surface area contributed by atoms with Crippen LogP contribution in [-0.2, 0) is 14.3 Å². The van der Waals surface area contributed by atoms with Crippen molar-refractivity contribution >= 4 is 18.0 Å². The number of carbonyl (C=O) groups excluding carboxylic acids is 2. The Kier molecular flexibility index (Phi) is 6.96. The van der Waals surface area contributed by atoms with E-state index in [1.165, 1.54) is 4.90 Å². The van der Waals surface area contributed by atoms with Gasteiger partial charge in [-0.3, -0.25) is 9.59 Å². The number of rotatable bonds is 9. The van der Waals surface area contributed by atoms with Crippen LogP contribution in [0.25, 0.3) is 11.1 Å². The van der Waals surface area contributed by atoms with E-state index in [4.69, 9.17) is 4.74 Å². The first kappa shape index (κ1) is 24.5. The molecule has 7 nitrogen and oxygen atoms in total. The first-order chi connectivity index (χ1) is 16.8. The Balaban J connectivity index is 1.41. The summed E-state index contributed by atoms with van der Waals surface area (Å²) >= 11 is 0. The Morgan fingerprint density at radius 3 is 2.20 bits per heavy atom. The first-order valence-corrected chi connectivity index (χ1v) is 12.0. The average Bonchev–Trinajstić information content (AvgIpc) is 3.12. The molecular weight excluding hydrogens is 444 g/mol. The van der Waals surface area contributed by atoms with Crippen LogP contribution in [-0.4, -0.2) is 53.7 Å². The molecule has 1 heterocycles. The number of carboxylic acid groups (broad SMARTS) is 1. The second-order valence-electron chi connectivity index (χ2n) is 9.92. The predicted molar refractivity (Wildman–Crippen MR) is 133 cm³/mol. The van der Waals surface area contributed by atoms with Gasteiger partial charge in [0.25, 0.3) is 0 Å². The third-order valence-corrected chi connectivity index (χ3v) is 6.93. The molecule has 7 heteroatoms. The van der Waals surface area contributed by atoms with Crippen molar-refractivity contribution in [1.29, 1.82) is 0 Å². The Labute approximate surface area is 205 Å². The predicted octanol–water partition coefficient (Wildman–Crippen LogP) is 4.43. The summed E-state index contributed by atoms with van der Waals surface area (Å²) in [5.41, 5.74) is 3.52. The van der Waals surface area contributed by atoms with Gasteiger partial charge >= 0.3 is 12.1 Å². The topological polar surface area (TPSA) is 95.9 Å². The number of nitrogens with zero attached hydrogens (tertiary/aromatic N) is 1. The zero-order valence-corrected chi connectivity index (χ0v) is 20.2. The fourth-order valence-electron chi connectivity index (χ4n) is 5.16. The van der Waals surface area contributed by atoms with Gasteiger partial charge in [0.2, 0.25) is 5.91 Å². The van der Waals surface area contributed by atoms with Gasteiger partial charge in [-0.2, -0.15) is 0 Å². The minimum atomic E-state index is -0.996. The summed E-state index contributed by atoms with van der Waals surface area (Å²) < 4.78 is 5.62. The highest BCUT2D eigenvalue weighted by atomic mass is 16.5. The molecule has 2 aliphatic rings. The van der Waals surface area contributed by atoms with E-state index in [1.807, 2.05) is 50.2 Å². The number of carbonyl (C=O) groups is 3. The van der Waals surface area contributed by atoms with Gasteiger partial charge in [0.1, 0.15) is 18.1 Å². The van der Waals surface area contributed by atoms with Crippen LogP contribution in [0, 0.1) is 11.3 Å². The molecule has 0 spiro atoms. The molecule has 2 aromatic carbocycles. The quantitative estimate of drug-likeness (QED) is 0.522. The summed E-state index contributed by atoms with van der Waals surface area (Å²) in [4.78, 5) is 39.1. The molecule has 2 amide bonds. The SMILES string of the molecule is C=CCC1(C(=O)O)CN(C(=O)[C@@H](CC(C)C)NC(=O)OCC2c3ccccc3-c3ccccc32)C1. The Bertz CT molecular complexity index is 1090. The lowest BCUT2D eigenvalue weighted by Crippen LogP contribution is -2.65. The molecule has 0 aromatic heterocycles.